The number of benzene rings is 4. The number of hydrogen-bond donors (Lipinski definition) is 0. The van der Waals surface area contributed by atoms with Gasteiger partial charge in [0.2, 0.25) is 0 Å². The summed E-state index contributed by atoms with van der Waals surface area (Å²) in [4.78, 5) is 3.13. The van der Waals surface area contributed by atoms with Crippen LogP contribution in [0, 0.1) is 23.7 Å². The van der Waals surface area contributed by atoms with E-state index < -0.39 is 0 Å². The lowest BCUT2D eigenvalue weighted by atomic mass is 10.0. The topological polar surface area (TPSA) is 0 Å². The number of unbranched alkanes of at least 4 members (excludes halogenated alkanes) is 22. The highest BCUT2D eigenvalue weighted by molar-refractivity contribution is 9.10. The Morgan fingerprint density at radius 1 is 0.344 bits per heavy atom. The summed E-state index contributed by atoms with van der Waals surface area (Å²) in [7, 11) is 0. The third-order valence-electron chi connectivity index (χ3n) is 12.5. The zero-order valence-electron chi connectivity index (χ0n) is 40.1. The van der Waals surface area contributed by atoms with Crippen LogP contribution in [0.15, 0.2) is 69.6 Å². The van der Waals surface area contributed by atoms with Crippen molar-refractivity contribution in [2.75, 3.05) is 0 Å². The van der Waals surface area contributed by atoms with Crippen LogP contribution in [0.3, 0.4) is 0 Å². The minimum Gasteiger partial charge on any atom is -0.140 e. The van der Waals surface area contributed by atoms with Crippen LogP contribution in [0.5, 0.6) is 0 Å². The number of hydrogen-bond acceptors (Lipinski definition) is 2. The van der Waals surface area contributed by atoms with E-state index in [9.17, 15) is 0 Å². The SMILES string of the molecule is CCCCCCCCC#Cc1cc2cc(C#CCCCCCCCC)c(Br)cc2cc1Br.CCCCCCCCc1cc2cc3cc4cc(CCCCCCCC)sc4cc3cc2s1. The first kappa shape index (κ1) is 52.4. The van der Waals surface area contributed by atoms with Gasteiger partial charge in [-0.25, -0.2) is 0 Å². The maximum Gasteiger partial charge on any atom is 0.0393 e. The summed E-state index contributed by atoms with van der Waals surface area (Å²) in [6.07, 6.45) is 36.7. The molecule has 6 aromatic rings. The molecule has 2 aromatic heterocycles. The van der Waals surface area contributed by atoms with Gasteiger partial charge in [0.05, 0.1) is 0 Å². The van der Waals surface area contributed by atoms with Gasteiger partial charge in [-0.1, -0.05) is 180 Å². The molecule has 0 aliphatic rings. The second-order valence-electron chi connectivity index (χ2n) is 18.2. The van der Waals surface area contributed by atoms with Crippen LogP contribution >= 0.6 is 54.5 Å². The Morgan fingerprint density at radius 2 is 0.672 bits per heavy atom. The number of thiophene rings is 2. The predicted molar refractivity (Wildman–Crippen MR) is 298 cm³/mol. The van der Waals surface area contributed by atoms with Crippen molar-refractivity contribution in [3.8, 4) is 23.7 Å². The average Bonchev–Trinajstić information content (AvgIpc) is 3.89. The molecule has 0 aliphatic heterocycles. The molecule has 0 nitrogen and oxygen atoms in total. The van der Waals surface area contributed by atoms with Crippen LogP contribution in [0.4, 0.5) is 0 Å². The van der Waals surface area contributed by atoms with Gasteiger partial charge in [0.1, 0.15) is 0 Å². The standard InChI is InChI=1S/C30H38Br2.C30H40S2/c1-3-5-7-9-11-13-15-17-19-25-21-27-22-26(30(32)24-28(27)23-29(25)31)20-18-16-14-12-10-8-6-4-2;1-3-5-7-9-11-13-15-27-19-25-17-23-18-26-20-28(16-14-12-10-8-6-4-2)32-30(26)22-24(23)21-29(25)31-27/h21-24H,3-16H2,1-2H3;17-22H,3-16H2,1-2H3. The molecule has 0 atom stereocenters. The third-order valence-corrected chi connectivity index (χ3v) is 16.2. The molecule has 2 heterocycles. The Morgan fingerprint density at radius 3 is 1.08 bits per heavy atom. The number of halogens is 2. The van der Waals surface area contributed by atoms with E-state index in [1.165, 1.54) is 209 Å². The van der Waals surface area contributed by atoms with E-state index in [0.717, 1.165) is 32.9 Å². The number of fused-ring (bicyclic) bond motifs is 4. The van der Waals surface area contributed by atoms with Crippen LogP contribution in [0.25, 0.3) is 41.7 Å². The lowest BCUT2D eigenvalue weighted by Crippen LogP contribution is -1.85. The highest BCUT2D eigenvalue weighted by atomic mass is 79.9. The van der Waals surface area contributed by atoms with E-state index in [1.54, 1.807) is 9.75 Å². The first-order chi connectivity index (χ1) is 31.4. The molecule has 0 N–H and O–H groups in total. The molecular weight excluding hydrogens is 945 g/mol. The van der Waals surface area contributed by atoms with Gasteiger partial charge in [-0.2, -0.15) is 0 Å². The van der Waals surface area contributed by atoms with Crippen molar-refractivity contribution >= 4 is 96.3 Å². The van der Waals surface area contributed by atoms with Gasteiger partial charge in [-0.3, -0.25) is 0 Å². The van der Waals surface area contributed by atoms with E-state index >= 15 is 0 Å². The summed E-state index contributed by atoms with van der Waals surface area (Å²) >= 11 is 11.4. The Labute approximate surface area is 414 Å². The van der Waals surface area contributed by atoms with Crippen molar-refractivity contribution < 1.29 is 0 Å². The molecule has 0 saturated carbocycles. The zero-order valence-corrected chi connectivity index (χ0v) is 44.9. The summed E-state index contributed by atoms with van der Waals surface area (Å²) in [6.45, 7) is 9.11. The van der Waals surface area contributed by atoms with Crippen LogP contribution in [0.2, 0.25) is 0 Å². The Hall–Kier alpha value is -2.60. The monoisotopic (exact) mass is 1020 g/mol. The predicted octanol–water partition coefficient (Wildman–Crippen LogP) is 21.6. The average molecular weight is 1020 g/mol. The fourth-order valence-electron chi connectivity index (χ4n) is 8.63. The quantitative estimate of drug-likeness (QED) is 0.0375. The Balaban J connectivity index is 0.000000241. The van der Waals surface area contributed by atoms with E-state index in [-0.39, 0.29) is 0 Å². The minimum atomic E-state index is 0.978. The molecule has 0 amide bonds. The Kier molecular flexibility index (Phi) is 25.1. The maximum atomic E-state index is 3.71. The van der Waals surface area contributed by atoms with Crippen LogP contribution < -0.4 is 0 Å². The summed E-state index contributed by atoms with van der Waals surface area (Å²) in [6, 6.07) is 23.4. The van der Waals surface area contributed by atoms with Crippen molar-refractivity contribution in [3.05, 3.63) is 90.5 Å². The Bertz CT molecular complexity index is 2180. The largest absolute Gasteiger partial charge is 0.140 e. The summed E-state index contributed by atoms with van der Waals surface area (Å²) in [5, 5.41) is 8.08. The molecule has 64 heavy (non-hydrogen) atoms. The molecule has 0 spiro atoms. The highest BCUT2D eigenvalue weighted by Gasteiger charge is 2.09. The smallest absolute Gasteiger partial charge is 0.0393 e. The fraction of sp³-hybridized carbons (Fsp3) is 0.533. The molecule has 0 bridgehead atoms. The van der Waals surface area contributed by atoms with Gasteiger partial charge in [-0.05, 0) is 163 Å². The lowest BCUT2D eigenvalue weighted by Gasteiger charge is -2.05. The second kappa shape index (κ2) is 30.6. The van der Waals surface area contributed by atoms with Crippen molar-refractivity contribution in [1.82, 2.24) is 0 Å². The normalized spacial score (nSPS) is 11.2. The first-order valence-corrected chi connectivity index (χ1v) is 28.9. The van der Waals surface area contributed by atoms with Crippen LogP contribution in [-0.2, 0) is 12.8 Å². The molecule has 4 aromatic carbocycles. The van der Waals surface area contributed by atoms with Gasteiger partial charge in [-0.15, -0.1) is 22.7 Å². The lowest BCUT2D eigenvalue weighted by molar-refractivity contribution is 0.609. The minimum absolute atomic E-state index is 0.978. The third kappa shape index (κ3) is 18.2. The molecule has 0 fully saturated rings. The van der Waals surface area contributed by atoms with Gasteiger partial charge in [0, 0.05) is 52.1 Å². The van der Waals surface area contributed by atoms with Gasteiger partial charge >= 0.3 is 0 Å². The molecule has 0 unspecified atom stereocenters. The van der Waals surface area contributed by atoms with Crippen molar-refractivity contribution in [2.45, 2.75) is 207 Å². The van der Waals surface area contributed by atoms with Crippen LogP contribution in [0.1, 0.15) is 216 Å². The van der Waals surface area contributed by atoms with Crippen LogP contribution in [-0.4, -0.2) is 0 Å². The molecular formula is C60H78Br2S2. The maximum absolute atomic E-state index is 3.71. The molecule has 4 heteroatoms. The summed E-state index contributed by atoms with van der Waals surface area (Å²) in [5.41, 5.74) is 2.13. The van der Waals surface area contributed by atoms with Crippen molar-refractivity contribution in [2.24, 2.45) is 0 Å². The fourth-order valence-corrected chi connectivity index (χ4v) is 11.8. The zero-order chi connectivity index (χ0) is 45.2. The van der Waals surface area contributed by atoms with Gasteiger partial charge < -0.3 is 0 Å². The number of rotatable bonds is 26. The number of aryl methyl sites for hydroxylation is 2. The molecule has 344 valence electrons. The first-order valence-electron chi connectivity index (χ1n) is 25.7. The van der Waals surface area contributed by atoms with E-state index in [4.69, 9.17) is 0 Å². The summed E-state index contributed by atoms with van der Waals surface area (Å²) in [5.74, 6) is 13.5. The van der Waals surface area contributed by atoms with E-state index in [2.05, 4.69) is 144 Å². The molecule has 0 saturated heterocycles. The van der Waals surface area contributed by atoms with Gasteiger partial charge in [0.25, 0.3) is 0 Å². The molecule has 0 radical (unpaired) electrons. The van der Waals surface area contributed by atoms with Crippen molar-refractivity contribution in [3.63, 3.8) is 0 Å². The summed E-state index contributed by atoms with van der Waals surface area (Å²) < 4.78 is 5.05. The highest BCUT2D eigenvalue weighted by Crippen LogP contribution is 2.36. The second-order valence-corrected chi connectivity index (χ2v) is 22.3. The van der Waals surface area contributed by atoms with E-state index in [1.807, 2.05) is 22.7 Å². The van der Waals surface area contributed by atoms with E-state index in [0.29, 0.717) is 0 Å². The van der Waals surface area contributed by atoms with Crippen molar-refractivity contribution in [1.29, 1.82) is 0 Å². The molecule has 6 rings (SSSR count). The van der Waals surface area contributed by atoms with Gasteiger partial charge in [0.15, 0.2) is 0 Å². The molecule has 0 aliphatic carbocycles.